The van der Waals surface area contributed by atoms with E-state index in [2.05, 4.69) is 37.0 Å². The highest BCUT2D eigenvalue weighted by atomic mass is 79.9. The zero-order valence-corrected chi connectivity index (χ0v) is 12.7. The second-order valence-corrected chi connectivity index (χ2v) is 5.48. The fraction of sp³-hybridized carbons (Fsp3) is 0.250. The molecule has 0 spiro atoms. The number of benzene rings is 1. The number of hydrogen-bond donors (Lipinski definition) is 1. The summed E-state index contributed by atoms with van der Waals surface area (Å²) >= 11 is 6.95. The summed E-state index contributed by atoms with van der Waals surface area (Å²) in [5.74, 6) is 0. The van der Waals surface area contributed by atoms with Crippen molar-refractivity contribution >= 4 is 31.9 Å². The smallest absolute Gasteiger partial charge is 0.0743 e. The number of halogens is 2. The highest BCUT2D eigenvalue weighted by molar-refractivity contribution is 9.10. The summed E-state index contributed by atoms with van der Waals surface area (Å²) in [6, 6.07) is 5.80. The van der Waals surface area contributed by atoms with Gasteiger partial charge in [-0.05, 0) is 47.5 Å². The second-order valence-electron chi connectivity index (χ2n) is 3.83. The van der Waals surface area contributed by atoms with Crippen LogP contribution in [0.1, 0.15) is 17.0 Å². The molecule has 0 aliphatic carbocycles. The van der Waals surface area contributed by atoms with E-state index in [4.69, 9.17) is 5.11 Å². The van der Waals surface area contributed by atoms with Crippen LogP contribution in [0.15, 0.2) is 27.1 Å². The first-order chi connectivity index (χ1) is 8.04. The van der Waals surface area contributed by atoms with Crippen LogP contribution >= 0.6 is 31.9 Å². The maximum Gasteiger partial charge on any atom is 0.0743 e. The first-order valence-corrected chi connectivity index (χ1v) is 6.74. The Balaban J connectivity index is 2.53. The van der Waals surface area contributed by atoms with Crippen LogP contribution in [0.4, 0.5) is 0 Å². The lowest BCUT2D eigenvalue weighted by molar-refractivity contribution is 0.281. The predicted molar refractivity (Wildman–Crippen MR) is 74.4 cm³/mol. The molecule has 0 saturated carbocycles. The lowest BCUT2D eigenvalue weighted by Gasteiger charge is -2.07. The van der Waals surface area contributed by atoms with Crippen molar-refractivity contribution in [1.29, 1.82) is 0 Å². The van der Waals surface area contributed by atoms with E-state index in [9.17, 15) is 0 Å². The number of rotatable bonds is 2. The van der Waals surface area contributed by atoms with Crippen molar-refractivity contribution in [2.45, 2.75) is 20.5 Å². The van der Waals surface area contributed by atoms with Gasteiger partial charge in [0.2, 0.25) is 0 Å². The molecule has 90 valence electrons. The van der Waals surface area contributed by atoms with Crippen LogP contribution < -0.4 is 0 Å². The fourth-order valence-electron chi connectivity index (χ4n) is 1.67. The Morgan fingerprint density at radius 3 is 2.47 bits per heavy atom. The van der Waals surface area contributed by atoms with Crippen molar-refractivity contribution in [2.75, 3.05) is 0 Å². The third-order valence-electron chi connectivity index (χ3n) is 2.65. The van der Waals surface area contributed by atoms with Crippen molar-refractivity contribution < 1.29 is 5.11 Å². The zero-order chi connectivity index (χ0) is 12.6. The van der Waals surface area contributed by atoms with E-state index in [1.807, 2.05) is 36.7 Å². The Morgan fingerprint density at radius 2 is 2.00 bits per heavy atom. The van der Waals surface area contributed by atoms with Crippen LogP contribution in [0.2, 0.25) is 0 Å². The van der Waals surface area contributed by atoms with Gasteiger partial charge in [0.15, 0.2) is 0 Å². The quantitative estimate of drug-likeness (QED) is 0.890. The summed E-state index contributed by atoms with van der Waals surface area (Å²) in [6.45, 7) is 4.00. The van der Waals surface area contributed by atoms with E-state index < -0.39 is 0 Å². The van der Waals surface area contributed by atoms with Crippen LogP contribution in [0, 0.1) is 13.8 Å². The van der Waals surface area contributed by atoms with Gasteiger partial charge in [0.1, 0.15) is 0 Å². The minimum atomic E-state index is 0.0294. The molecular formula is C12H12Br2N2O. The summed E-state index contributed by atoms with van der Waals surface area (Å²) in [6.07, 6.45) is 0. The molecule has 1 heterocycles. The van der Waals surface area contributed by atoms with Crippen molar-refractivity contribution in [3.63, 3.8) is 0 Å². The summed E-state index contributed by atoms with van der Waals surface area (Å²) in [5.41, 5.74) is 3.87. The normalized spacial score (nSPS) is 10.9. The van der Waals surface area contributed by atoms with Crippen LogP contribution in [0.25, 0.3) is 5.69 Å². The molecule has 0 aliphatic heterocycles. The van der Waals surface area contributed by atoms with Gasteiger partial charge in [-0.2, -0.15) is 5.10 Å². The molecule has 3 nitrogen and oxygen atoms in total. The molecular weight excluding hydrogens is 348 g/mol. The lowest BCUT2D eigenvalue weighted by Crippen LogP contribution is -2.00. The number of aromatic nitrogens is 2. The molecule has 0 amide bonds. The van der Waals surface area contributed by atoms with Crippen molar-refractivity contribution in [1.82, 2.24) is 9.78 Å². The SMILES string of the molecule is Cc1nn(-c2ccc(CO)c(Br)c2)c(C)c1Br. The minimum Gasteiger partial charge on any atom is -0.392 e. The molecule has 17 heavy (non-hydrogen) atoms. The van der Waals surface area contributed by atoms with Gasteiger partial charge < -0.3 is 5.11 Å². The van der Waals surface area contributed by atoms with Crippen molar-refractivity contribution in [3.8, 4) is 5.69 Å². The first-order valence-electron chi connectivity index (χ1n) is 5.16. The predicted octanol–water partition coefficient (Wildman–Crippen LogP) is 3.51. The van der Waals surface area contributed by atoms with E-state index in [1.165, 1.54) is 0 Å². The van der Waals surface area contributed by atoms with Gasteiger partial charge in [-0.15, -0.1) is 0 Å². The third-order valence-corrected chi connectivity index (χ3v) is 4.54. The molecule has 0 saturated heterocycles. The minimum absolute atomic E-state index is 0.0294. The molecule has 2 aromatic rings. The second kappa shape index (κ2) is 4.92. The molecule has 0 bridgehead atoms. The number of aliphatic hydroxyl groups is 1. The highest BCUT2D eigenvalue weighted by Gasteiger charge is 2.11. The van der Waals surface area contributed by atoms with Gasteiger partial charge in [-0.1, -0.05) is 22.0 Å². The van der Waals surface area contributed by atoms with Crippen LogP contribution in [-0.2, 0) is 6.61 Å². The Labute approximate surface area is 117 Å². The van der Waals surface area contributed by atoms with Gasteiger partial charge in [0, 0.05) is 4.47 Å². The van der Waals surface area contributed by atoms with Gasteiger partial charge in [-0.3, -0.25) is 0 Å². The molecule has 0 atom stereocenters. The first kappa shape index (κ1) is 12.8. The van der Waals surface area contributed by atoms with Gasteiger partial charge in [0.25, 0.3) is 0 Å². The Hall–Kier alpha value is -0.650. The molecule has 5 heteroatoms. The summed E-state index contributed by atoms with van der Waals surface area (Å²) in [5, 5.41) is 13.6. The molecule has 0 unspecified atom stereocenters. The molecule has 2 rings (SSSR count). The standard InChI is InChI=1S/C12H12Br2N2O/c1-7-12(14)8(2)16(15-7)10-4-3-9(6-17)11(13)5-10/h3-5,17H,6H2,1-2H3. The van der Waals surface area contributed by atoms with Gasteiger partial charge in [-0.25, -0.2) is 4.68 Å². The highest BCUT2D eigenvalue weighted by Crippen LogP contribution is 2.26. The third kappa shape index (κ3) is 2.32. The van der Waals surface area contributed by atoms with Crippen molar-refractivity contribution in [3.05, 3.63) is 44.1 Å². The summed E-state index contributed by atoms with van der Waals surface area (Å²) in [4.78, 5) is 0. The van der Waals surface area contributed by atoms with Crippen molar-refractivity contribution in [2.24, 2.45) is 0 Å². The maximum atomic E-state index is 9.12. The van der Waals surface area contributed by atoms with E-state index in [-0.39, 0.29) is 6.61 Å². The molecule has 0 fully saturated rings. The van der Waals surface area contributed by atoms with Crippen LogP contribution in [0.3, 0.4) is 0 Å². The Kier molecular flexibility index (Phi) is 3.70. The van der Waals surface area contributed by atoms with E-state index in [0.29, 0.717) is 0 Å². The Bertz CT molecular complexity index is 564. The largest absolute Gasteiger partial charge is 0.392 e. The van der Waals surface area contributed by atoms with Gasteiger partial charge in [0.05, 0.1) is 28.2 Å². The number of aliphatic hydroxyl groups excluding tert-OH is 1. The molecule has 1 aromatic carbocycles. The topological polar surface area (TPSA) is 38.0 Å². The average Bonchev–Trinajstić information content (AvgIpc) is 2.57. The average molecular weight is 360 g/mol. The van der Waals surface area contributed by atoms with Crippen LogP contribution in [-0.4, -0.2) is 14.9 Å². The summed E-state index contributed by atoms with van der Waals surface area (Å²) in [7, 11) is 0. The molecule has 1 aromatic heterocycles. The molecule has 0 radical (unpaired) electrons. The van der Waals surface area contributed by atoms with Crippen LogP contribution in [0.5, 0.6) is 0 Å². The van der Waals surface area contributed by atoms with E-state index in [0.717, 1.165) is 31.6 Å². The maximum absolute atomic E-state index is 9.12. The number of hydrogen-bond acceptors (Lipinski definition) is 2. The molecule has 0 aliphatic rings. The van der Waals surface area contributed by atoms with E-state index >= 15 is 0 Å². The zero-order valence-electron chi connectivity index (χ0n) is 9.54. The number of aryl methyl sites for hydroxylation is 1. The Morgan fingerprint density at radius 1 is 1.29 bits per heavy atom. The monoisotopic (exact) mass is 358 g/mol. The number of nitrogens with zero attached hydrogens (tertiary/aromatic N) is 2. The lowest BCUT2D eigenvalue weighted by atomic mass is 10.2. The molecule has 1 N–H and O–H groups in total. The van der Waals surface area contributed by atoms with E-state index in [1.54, 1.807) is 0 Å². The fourth-order valence-corrected chi connectivity index (χ4v) is 2.41. The summed E-state index contributed by atoms with van der Waals surface area (Å²) < 4.78 is 3.80. The van der Waals surface area contributed by atoms with Gasteiger partial charge >= 0.3 is 0 Å².